The molecule has 28 heavy (non-hydrogen) atoms. The van der Waals surface area contributed by atoms with Gasteiger partial charge >= 0.3 is 5.97 Å². The number of likely N-dealkylation sites (tertiary alicyclic amines) is 1. The van der Waals surface area contributed by atoms with E-state index in [-0.39, 0.29) is 17.9 Å². The van der Waals surface area contributed by atoms with E-state index < -0.39 is 11.9 Å². The van der Waals surface area contributed by atoms with Gasteiger partial charge in [-0.2, -0.15) is 0 Å². The topological polar surface area (TPSA) is 89.2 Å². The molecule has 0 bridgehead atoms. The first-order valence-electron chi connectivity index (χ1n) is 9.73. The van der Waals surface area contributed by atoms with E-state index in [1.165, 1.54) is 0 Å². The number of carboxylic acids is 1. The highest BCUT2D eigenvalue weighted by molar-refractivity contribution is 5.88. The predicted molar refractivity (Wildman–Crippen MR) is 101 cm³/mol. The largest absolute Gasteiger partial charge is 0.497 e. The van der Waals surface area contributed by atoms with E-state index in [2.05, 4.69) is 0 Å². The summed E-state index contributed by atoms with van der Waals surface area (Å²) in [5.41, 5.74) is 1.58. The number of rotatable bonds is 5. The molecular weight excluding hydrogens is 362 g/mol. The van der Waals surface area contributed by atoms with E-state index in [1.54, 1.807) is 13.4 Å². The molecule has 1 aromatic carbocycles. The molecule has 0 spiro atoms. The van der Waals surface area contributed by atoms with Gasteiger partial charge in [-0.15, -0.1) is 0 Å². The van der Waals surface area contributed by atoms with Crippen LogP contribution in [0, 0.1) is 11.8 Å². The number of piperidine rings is 1. The van der Waals surface area contributed by atoms with Gasteiger partial charge in [0.1, 0.15) is 11.3 Å². The Bertz CT molecular complexity index is 867. The van der Waals surface area contributed by atoms with Crippen LogP contribution in [0.2, 0.25) is 0 Å². The molecule has 0 aliphatic carbocycles. The summed E-state index contributed by atoms with van der Waals surface area (Å²) in [4.78, 5) is 26.0. The van der Waals surface area contributed by atoms with Crippen molar-refractivity contribution in [1.82, 2.24) is 4.90 Å². The van der Waals surface area contributed by atoms with Gasteiger partial charge in [0, 0.05) is 36.7 Å². The highest BCUT2D eigenvalue weighted by atomic mass is 16.5. The van der Waals surface area contributed by atoms with E-state index in [9.17, 15) is 14.7 Å². The molecule has 2 saturated heterocycles. The Balaban J connectivity index is 1.36. The minimum absolute atomic E-state index is 0.0686. The second kappa shape index (κ2) is 7.83. The van der Waals surface area contributed by atoms with Crippen LogP contribution in [-0.4, -0.2) is 54.8 Å². The molecule has 3 heterocycles. The molecule has 150 valence electrons. The van der Waals surface area contributed by atoms with Gasteiger partial charge in [-0.3, -0.25) is 9.59 Å². The fourth-order valence-corrected chi connectivity index (χ4v) is 4.42. The molecule has 2 fully saturated rings. The molecule has 2 aliphatic heterocycles. The third-order valence-corrected chi connectivity index (χ3v) is 6.01. The average molecular weight is 387 g/mol. The quantitative estimate of drug-likeness (QED) is 0.849. The van der Waals surface area contributed by atoms with E-state index in [4.69, 9.17) is 13.9 Å². The van der Waals surface area contributed by atoms with Crippen molar-refractivity contribution in [3.05, 3.63) is 30.0 Å². The van der Waals surface area contributed by atoms with Gasteiger partial charge < -0.3 is 23.9 Å². The number of benzene rings is 1. The molecule has 2 atom stereocenters. The van der Waals surface area contributed by atoms with Gasteiger partial charge in [0.2, 0.25) is 5.91 Å². The molecule has 2 aliphatic rings. The van der Waals surface area contributed by atoms with E-state index >= 15 is 0 Å². The van der Waals surface area contributed by atoms with Crippen LogP contribution in [0.25, 0.3) is 11.0 Å². The van der Waals surface area contributed by atoms with Gasteiger partial charge in [0.25, 0.3) is 0 Å². The third kappa shape index (κ3) is 3.58. The van der Waals surface area contributed by atoms with Crippen molar-refractivity contribution in [2.24, 2.45) is 11.8 Å². The van der Waals surface area contributed by atoms with Crippen LogP contribution in [0.4, 0.5) is 0 Å². The lowest BCUT2D eigenvalue weighted by atomic mass is 9.84. The molecule has 7 heteroatoms. The number of furan rings is 1. The van der Waals surface area contributed by atoms with Crippen LogP contribution in [0.3, 0.4) is 0 Å². The first-order chi connectivity index (χ1) is 13.6. The summed E-state index contributed by atoms with van der Waals surface area (Å²) in [6, 6.07) is 5.59. The minimum Gasteiger partial charge on any atom is -0.497 e. The number of carbonyl (C=O) groups excluding carboxylic acids is 1. The van der Waals surface area contributed by atoms with Crippen LogP contribution in [0.5, 0.6) is 5.75 Å². The lowest BCUT2D eigenvalue weighted by molar-refractivity contribution is -0.145. The Morgan fingerprint density at radius 1 is 1.25 bits per heavy atom. The number of carboxylic acid groups (broad SMARTS) is 1. The molecule has 0 saturated carbocycles. The van der Waals surface area contributed by atoms with Crippen molar-refractivity contribution < 1.29 is 28.6 Å². The summed E-state index contributed by atoms with van der Waals surface area (Å²) >= 11 is 0. The van der Waals surface area contributed by atoms with E-state index in [0.717, 1.165) is 29.5 Å². The fourth-order valence-electron chi connectivity index (χ4n) is 4.42. The zero-order valence-electron chi connectivity index (χ0n) is 15.9. The van der Waals surface area contributed by atoms with Crippen LogP contribution < -0.4 is 4.74 Å². The Kier molecular flexibility index (Phi) is 5.26. The van der Waals surface area contributed by atoms with Gasteiger partial charge in [0.15, 0.2) is 0 Å². The van der Waals surface area contributed by atoms with Gasteiger partial charge in [-0.05, 0) is 37.3 Å². The maximum atomic E-state index is 12.8. The van der Waals surface area contributed by atoms with Crippen molar-refractivity contribution in [2.45, 2.75) is 31.8 Å². The zero-order valence-corrected chi connectivity index (χ0v) is 15.9. The average Bonchev–Trinajstić information content (AvgIpc) is 3.35. The minimum atomic E-state index is -0.774. The molecule has 1 amide bonds. The van der Waals surface area contributed by atoms with Gasteiger partial charge in [-0.1, -0.05) is 0 Å². The summed E-state index contributed by atoms with van der Waals surface area (Å²) in [6.45, 7) is 1.79. The molecule has 1 N–H and O–H groups in total. The Morgan fingerprint density at radius 2 is 2.04 bits per heavy atom. The first kappa shape index (κ1) is 18.8. The number of hydrogen-bond acceptors (Lipinski definition) is 5. The third-order valence-electron chi connectivity index (χ3n) is 6.01. The Morgan fingerprint density at radius 3 is 2.75 bits per heavy atom. The number of ether oxygens (including phenoxy) is 2. The standard InChI is InChI=1S/C21H25NO6/c1-26-15-2-3-16-14(12-28-18(16)11-15)10-19(23)22-7-4-13(5-8-22)20-17(21(24)25)6-9-27-20/h2-3,11-13,17,20H,4-10H2,1H3,(H,24,25)/t17?,20-/m0/s1. The molecule has 1 aromatic heterocycles. The molecule has 1 unspecified atom stereocenters. The number of carbonyl (C=O) groups is 2. The number of fused-ring (bicyclic) bond motifs is 1. The molecule has 4 rings (SSSR count). The fraction of sp³-hybridized carbons (Fsp3) is 0.524. The first-order valence-corrected chi connectivity index (χ1v) is 9.73. The highest BCUT2D eigenvalue weighted by Gasteiger charge is 2.40. The zero-order chi connectivity index (χ0) is 19.7. The Hall–Kier alpha value is -2.54. The molecule has 2 aromatic rings. The van der Waals surface area contributed by atoms with Crippen molar-refractivity contribution in [2.75, 3.05) is 26.8 Å². The predicted octanol–water partition coefficient (Wildman–Crippen LogP) is 2.71. The maximum Gasteiger partial charge on any atom is 0.309 e. The monoisotopic (exact) mass is 387 g/mol. The summed E-state index contributed by atoms with van der Waals surface area (Å²) in [6.07, 6.45) is 3.85. The smallest absolute Gasteiger partial charge is 0.309 e. The number of nitrogens with zero attached hydrogens (tertiary/aromatic N) is 1. The van der Waals surface area contributed by atoms with Crippen molar-refractivity contribution in [3.8, 4) is 5.75 Å². The van der Waals surface area contributed by atoms with Crippen molar-refractivity contribution in [3.63, 3.8) is 0 Å². The second-order valence-corrected chi connectivity index (χ2v) is 7.59. The Labute approximate surface area is 163 Å². The highest BCUT2D eigenvalue weighted by Crippen LogP contribution is 2.33. The molecule has 7 nitrogen and oxygen atoms in total. The van der Waals surface area contributed by atoms with Crippen molar-refractivity contribution in [1.29, 1.82) is 0 Å². The number of methoxy groups -OCH3 is 1. The van der Waals surface area contributed by atoms with Crippen LogP contribution in [-0.2, 0) is 20.7 Å². The van der Waals surface area contributed by atoms with Gasteiger partial charge in [-0.25, -0.2) is 0 Å². The second-order valence-electron chi connectivity index (χ2n) is 7.59. The number of aliphatic carboxylic acids is 1. The summed E-state index contributed by atoms with van der Waals surface area (Å²) in [5, 5.41) is 10.3. The lowest BCUT2D eigenvalue weighted by Crippen LogP contribution is -2.43. The summed E-state index contributed by atoms with van der Waals surface area (Å²) in [5.74, 6) is -0.199. The SMILES string of the molecule is COc1ccc2c(CC(=O)N3CCC([C@@H]4OCCC4C(=O)O)CC3)coc2c1. The maximum absolute atomic E-state index is 12.8. The van der Waals surface area contributed by atoms with Crippen LogP contribution >= 0.6 is 0 Å². The van der Waals surface area contributed by atoms with Crippen LogP contribution in [0.1, 0.15) is 24.8 Å². The number of amides is 1. The molecule has 0 radical (unpaired) electrons. The summed E-state index contributed by atoms with van der Waals surface area (Å²) < 4.78 is 16.5. The van der Waals surface area contributed by atoms with Crippen molar-refractivity contribution >= 4 is 22.8 Å². The lowest BCUT2D eigenvalue weighted by Gasteiger charge is -2.35. The van der Waals surface area contributed by atoms with Crippen LogP contribution in [0.15, 0.2) is 28.9 Å². The molecular formula is C21H25NO6. The van der Waals surface area contributed by atoms with E-state index in [0.29, 0.717) is 38.1 Å². The number of hydrogen-bond donors (Lipinski definition) is 1. The van der Waals surface area contributed by atoms with Gasteiger partial charge in [0.05, 0.1) is 31.8 Å². The summed E-state index contributed by atoms with van der Waals surface area (Å²) in [7, 11) is 1.60. The van der Waals surface area contributed by atoms with E-state index in [1.807, 2.05) is 23.1 Å². The normalized spacial score (nSPS) is 23.2.